The third kappa shape index (κ3) is 13.6. The summed E-state index contributed by atoms with van der Waals surface area (Å²) in [6, 6.07) is 14.3. The minimum absolute atomic E-state index is 0.0935. The summed E-state index contributed by atoms with van der Waals surface area (Å²) in [5.74, 6) is 0.596. The molecule has 40 heavy (non-hydrogen) atoms. The summed E-state index contributed by atoms with van der Waals surface area (Å²) < 4.78 is 12.2. The average molecular weight is 553 g/mol. The number of aliphatic hydroxyl groups excluding tert-OH is 1. The van der Waals surface area contributed by atoms with Crippen molar-refractivity contribution < 1.29 is 19.7 Å². The van der Waals surface area contributed by atoms with Crippen molar-refractivity contribution in [3.63, 3.8) is 0 Å². The molecule has 224 valence electrons. The molecule has 0 heterocycles. The Balaban J connectivity index is 2.10. The van der Waals surface area contributed by atoms with Gasteiger partial charge in [-0.05, 0) is 67.5 Å². The molecule has 2 aromatic carbocycles. The molecular formula is C36H56O4. The van der Waals surface area contributed by atoms with E-state index in [0.717, 1.165) is 56.3 Å². The van der Waals surface area contributed by atoms with E-state index in [1.54, 1.807) is 0 Å². The maximum Gasteiger partial charge on any atom is 0.319 e. The maximum absolute atomic E-state index is 10.2. The Bertz CT molecular complexity index is 944. The Morgan fingerprint density at radius 3 is 1.65 bits per heavy atom. The lowest BCUT2D eigenvalue weighted by Crippen LogP contribution is -2.03. The number of benzene rings is 2. The fraction of sp³-hybridized carbons (Fsp3) is 0.611. The quantitative estimate of drug-likeness (QED) is 0.106. The van der Waals surface area contributed by atoms with Crippen molar-refractivity contribution in [2.75, 3.05) is 6.61 Å². The standard InChI is InChI=1S/C36H56O4/c1-4-7-10-13-15-17-20-30-22-25-32(26-23-30)40-34-27-24-31(21-18-16-14-11-8-5-2)29-33(34)35(36(37)38)39-28-19-12-9-6-3/h22-27,29,37-38H,4-21,28H2,1-3H3. The third-order valence-electron chi connectivity index (χ3n) is 7.53. The highest BCUT2D eigenvalue weighted by molar-refractivity contribution is 5.67. The van der Waals surface area contributed by atoms with Gasteiger partial charge in [0.05, 0.1) is 12.2 Å². The SMILES string of the molecule is CCCCCCCCc1ccc(Oc2ccc(CCCCCCCC)cc2C(OCCCCCC)=C(O)O)cc1. The van der Waals surface area contributed by atoms with E-state index in [0.29, 0.717) is 17.9 Å². The molecular weight excluding hydrogens is 496 g/mol. The van der Waals surface area contributed by atoms with Crippen LogP contribution in [0.15, 0.2) is 48.4 Å². The summed E-state index contributed by atoms with van der Waals surface area (Å²) in [5.41, 5.74) is 3.07. The summed E-state index contributed by atoms with van der Waals surface area (Å²) in [7, 11) is 0. The van der Waals surface area contributed by atoms with Gasteiger partial charge in [0.2, 0.25) is 5.76 Å². The Morgan fingerprint density at radius 2 is 1.07 bits per heavy atom. The summed E-state index contributed by atoms with van der Waals surface area (Å²) in [4.78, 5) is 0. The van der Waals surface area contributed by atoms with Gasteiger partial charge in [0.1, 0.15) is 11.5 Å². The second-order valence-corrected chi connectivity index (χ2v) is 11.2. The van der Waals surface area contributed by atoms with Gasteiger partial charge < -0.3 is 19.7 Å². The number of ether oxygens (including phenoxy) is 2. The lowest BCUT2D eigenvalue weighted by Gasteiger charge is -2.17. The molecule has 0 unspecified atom stereocenters. The first-order valence-corrected chi connectivity index (χ1v) is 16.2. The molecule has 0 atom stereocenters. The maximum atomic E-state index is 10.2. The molecule has 0 bridgehead atoms. The summed E-state index contributed by atoms with van der Waals surface area (Å²) in [5, 5.41) is 20.4. The molecule has 0 amide bonds. The van der Waals surface area contributed by atoms with E-state index < -0.39 is 5.95 Å². The van der Waals surface area contributed by atoms with E-state index in [1.807, 2.05) is 24.3 Å². The van der Waals surface area contributed by atoms with Crippen molar-refractivity contribution >= 4 is 5.76 Å². The predicted molar refractivity (Wildman–Crippen MR) is 169 cm³/mol. The molecule has 0 saturated carbocycles. The molecule has 0 radical (unpaired) electrons. The normalized spacial score (nSPS) is 11.0. The summed E-state index contributed by atoms with van der Waals surface area (Å²) >= 11 is 0. The predicted octanol–water partition coefficient (Wildman–Crippen LogP) is 11.6. The van der Waals surface area contributed by atoms with Gasteiger partial charge in [-0.3, -0.25) is 0 Å². The highest BCUT2D eigenvalue weighted by Gasteiger charge is 2.18. The number of rotatable bonds is 23. The van der Waals surface area contributed by atoms with Crippen molar-refractivity contribution in [3.05, 3.63) is 65.1 Å². The van der Waals surface area contributed by atoms with E-state index in [-0.39, 0.29) is 5.76 Å². The van der Waals surface area contributed by atoms with Crippen molar-refractivity contribution in [1.82, 2.24) is 0 Å². The lowest BCUT2D eigenvalue weighted by molar-refractivity contribution is 0.161. The lowest BCUT2D eigenvalue weighted by atomic mass is 10.0. The zero-order valence-corrected chi connectivity index (χ0v) is 25.7. The van der Waals surface area contributed by atoms with Crippen LogP contribution >= 0.6 is 0 Å². The van der Waals surface area contributed by atoms with E-state index in [1.165, 1.54) is 76.2 Å². The average Bonchev–Trinajstić information content (AvgIpc) is 2.96. The minimum Gasteiger partial charge on any atom is -0.486 e. The zero-order chi connectivity index (χ0) is 28.8. The van der Waals surface area contributed by atoms with E-state index in [4.69, 9.17) is 9.47 Å². The van der Waals surface area contributed by atoms with Gasteiger partial charge in [0, 0.05) is 0 Å². The molecule has 4 nitrogen and oxygen atoms in total. The van der Waals surface area contributed by atoms with Gasteiger partial charge >= 0.3 is 5.95 Å². The first kappa shape index (κ1) is 33.6. The van der Waals surface area contributed by atoms with Crippen LogP contribution < -0.4 is 4.74 Å². The van der Waals surface area contributed by atoms with Crippen LogP contribution in [0.25, 0.3) is 5.76 Å². The Hall–Kier alpha value is -2.62. The fourth-order valence-corrected chi connectivity index (χ4v) is 5.03. The van der Waals surface area contributed by atoms with Gasteiger partial charge in [-0.15, -0.1) is 0 Å². The molecule has 0 fully saturated rings. The van der Waals surface area contributed by atoms with Gasteiger partial charge in [-0.1, -0.05) is 122 Å². The molecule has 0 aliphatic rings. The topological polar surface area (TPSA) is 58.9 Å². The van der Waals surface area contributed by atoms with Gasteiger partial charge in [-0.25, -0.2) is 0 Å². The van der Waals surface area contributed by atoms with Crippen LogP contribution in [0, 0.1) is 0 Å². The molecule has 2 N–H and O–H groups in total. The molecule has 4 heteroatoms. The monoisotopic (exact) mass is 552 g/mol. The van der Waals surface area contributed by atoms with E-state index >= 15 is 0 Å². The van der Waals surface area contributed by atoms with E-state index in [9.17, 15) is 10.2 Å². The van der Waals surface area contributed by atoms with Crippen molar-refractivity contribution in [2.45, 2.75) is 136 Å². The fourth-order valence-electron chi connectivity index (χ4n) is 5.03. The van der Waals surface area contributed by atoms with Gasteiger partial charge in [0.15, 0.2) is 0 Å². The Labute approximate surface area is 244 Å². The molecule has 2 aromatic rings. The zero-order valence-electron chi connectivity index (χ0n) is 25.7. The highest BCUT2D eigenvalue weighted by atomic mass is 16.5. The molecule has 0 aliphatic carbocycles. The number of hydrogen-bond donors (Lipinski definition) is 2. The van der Waals surface area contributed by atoms with Crippen LogP contribution in [0.5, 0.6) is 11.5 Å². The number of aliphatic hydroxyl groups is 2. The van der Waals surface area contributed by atoms with Crippen LogP contribution in [-0.2, 0) is 17.6 Å². The van der Waals surface area contributed by atoms with Gasteiger partial charge in [0.25, 0.3) is 0 Å². The van der Waals surface area contributed by atoms with E-state index in [2.05, 4.69) is 39.0 Å². The highest BCUT2D eigenvalue weighted by Crippen LogP contribution is 2.34. The second-order valence-electron chi connectivity index (χ2n) is 11.2. The van der Waals surface area contributed by atoms with Crippen molar-refractivity contribution in [1.29, 1.82) is 0 Å². The van der Waals surface area contributed by atoms with Crippen LogP contribution in [-0.4, -0.2) is 16.8 Å². The van der Waals surface area contributed by atoms with Crippen LogP contribution in [0.4, 0.5) is 0 Å². The Kier molecular flexibility index (Phi) is 17.8. The largest absolute Gasteiger partial charge is 0.486 e. The summed E-state index contributed by atoms with van der Waals surface area (Å²) in [6.07, 6.45) is 21.5. The van der Waals surface area contributed by atoms with Crippen molar-refractivity contribution in [3.8, 4) is 11.5 Å². The third-order valence-corrected chi connectivity index (χ3v) is 7.53. The minimum atomic E-state index is -0.800. The second kappa shape index (κ2) is 21.2. The molecule has 0 saturated heterocycles. The summed E-state index contributed by atoms with van der Waals surface area (Å²) in [6.45, 7) is 7.10. The molecule has 0 spiro atoms. The van der Waals surface area contributed by atoms with Crippen molar-refractivity contribution in [2.24, 2.45) is 0 Å². The number of unbranched alkanes of at least 4 members (excludes halogenated alkanes) is 13. The molecule has 0 aliphatic heterocycles. The van der Waals surface area contributed by atoms with Crippen LogP contribution in [0.2, 0.25) is 0 Å². The first-order chi connectivity index (χ1) is 19.6. The molecule has 2 rings (SSSR count). The number of hydrogen-bond acceptors (Lipinski definition) is 4. The van der Waals surface area contributed by atoms with Gasteiger partial charge in [-0.2, -0.15) is 0 Å². The first-order valence-electron chi connectivity index (χ1n) is 16.2. The number of aryl methyl sites for hydroxylation is 2. The molecule has 0 aromatic heterocycles. The van der Waals surface area contributed by atoms with Crippen LogP contribution in [0.3, 0.4) is 0 Å². The Morgan fingerprint density at radius 1 is 0.575 bits per heavy atom. The van der Waals surface area contributed by atoms with Crippen LogP contribution in [0.1, 0.15) is 140 Å². The smallest absolute Gasteiger partial charge is 0.319 e.